The monoisotopic (exact) mass is 438 g/mol. The van der Waals surface area contributed by atoms with Gasteiger partial charge in [0.1, 0.15) is 0 Å². The van der Waals surface area contributed by atoms with E-state index in [-0.39, 0.29) is 11.1 Å². The van der Waals surface area contributed by atoms with E-state index in [9.17, 15) is 17.6 Å². The second-order valence-corrected chi connectivity index (χ2v) is 8.63. The molecule has 1 atom stereocenters. The molecule has 0 radical (unpaired) electrons. The third-order valence-corrected chi connectivity index (χ3v) is 6.29. The van der Waals surface area contributed by atoms with Gasteiger partial charge in [0.15, 0.2) is 23.3 Å². The van der Waals surface area contributed by atoms with Crippen LogP contribution in [0.2, 0.25) is 0 Å². The van der Waals surface area contributed by atoms with Crippen molar-refractivity contribution in [1.29, 1.82) is 0 Å². The topological polar surface area (TPSA) is 0 Å². The number of hydrogen-bond acceptors (Lipinski definition) is 0. The molecular formula is C28H26F4. The van der Waals surface area contributed by atoms with Crippen LogP contribution in [-0.4, -0.2) is 0 Å². The van der Waals surface area contributed by atoms with E-state index in [4.69, 9.17) is 0 Å². The maximum absolute atomic E-state index is 14.9. The van der Waals surface area contributed by atoms with Gasteiger partial charge in [0.25, 0.3) is 0 Å². The maximum atomic E-state index is 14.9. The van der Waals surface area contributed by atoms with E-state index in [2.05, 4.69) is 6.92 Å². The number of aryl methyl sites for hydroxylation is 1. The third-order valence-electron chi connectivity index (χ3n) is 6.29. The lowest BCUT2D eigenvalue weighted by atomic mass is 9.87. The Morgan fingerprint density at radius 3 is 1.81 bits per heavy atom. The second-order valence-electron chi connectivity index (χ2n) is 8.63. The lowest BCUT2D eigenvalue weighted by Gasteiger charge is -2.19. The number of allylic oxidation sites excluding steroid dienone is 2. The Balaban J connectivity index is 1.64. The maximum Gasteiger partial charge on any atom is 0.167 e. The van der Waals surface area contributed by atoms with Crippen molar-refractivity contribution in [2.75, 3.05) is 0 Å². The van der Waals surface area contributed by atoms with Crippen molar-refractivity contribution >= 4 is 5.57 Å². The Morgan fingerprint density at radius 2 is 1.25 bits per heavy atom. The van der Waals surface area contributed by atoms with Crippen molar-refractivity contribution in [3.63, 3.8) is 0 Å². The fourth-order valence-electron chi connectivity index (χ4n) is 4.33. The van der Waals surface area contributed by atoms with E-state index in [1.165, 1.54) is 0 Å². The molecule has 0 saturated heterocycles. The number of rotatable bonds is 5. The van der Waals surface area contributed by atoms with Crippen molar-refractivity contribution in [3.8, 4) is 22.3 Å². The van der Waals surface area contributed by atoms with Gasteiger partial charge in [-0.15, -0.1) is 0 Å². The van der Waals surface area contributed by atoms with Gasteiger partial charge in [-0.05, 0) is 53.9 Å². The summed E-state index contributed by atoms with van der Waals surface area (Å²) in [6.07, 6.45) is 5.77. The summed E-state index contributed by atoms with van der Waals surface area (Å²) in [5.41, 5.74) is 2.77. The van der Waals surface area contributed by atoms with Crippen LogP contribution in [-0.2, 0) is 6.42 Å². The van der Waals surface area contributed by atoms with E-state index in [0.29, 0.717) is 34.6 Å². The molecule has 1 aliphatic rings. The first-order chi connectivity index (χ1) is 15.4. The molecule has 1 aliphatic carbocycles. The van der Waals surface area contributed by atoms with Gasteiger partial charge in [0, 0.05) is 16.7 Å². The van der Waals surface area contributed by atoms with Crippen LogP contribution in [0.25, 0.3) is 27.8 Å². The van der Waals surface area contributed by atoms with Crippen LogP contribution in [0.4, 0.5) is 17.6 Å². The Labute approximate surface area is 186 Å². The lowest BCUT2D eigenvalue weighted by molar-refractivity contribution is 0.500. The van der Waals surface area contributed by atoms with Crippen molar-refractivity contribution < 1.29 is 17.6 Å². The van der Waals surface area contributed by atoms with E-state index < -0.39 is 23.3 Å². The molecule has 0 amide bonds. The van der Waals surface area contributed by atoms with Crippen molar-refractivity contribution in [1.82, 2.24) is 0 Å². The summed E-state index contributed by atoms with van der Waals surface area (Å²) in [6.45, 7) is 4.06. The molecule has 0 nitrogen and oxygen atoms in total. The molecule has 3 aromatic carbocycles. The van der Waals surface area contributed by atoms with E-state index in [1.807, 2.05) is 13.0 Å². The molecule has 1 unspecified atom stereocenters. The summed E-state index contributed by atoms with van der Waals surface area (Å²) in [5, 5.41) is 0. The molecule has 0 saturated carbocycles. The SMILES string of the molecule is CCCc1ccc(-c2ccc(-c3ccc(C4=CCC(C)CC4)c(F)c3F)cc2)c(F)c1F. The number of hydrogen-bond donors (Lipinski definition) is 0. The van der Waals surface area contributed by atoms with Crippen LogP contribution < -0.4 is 0 Å². The van der Waals surface area contributed by atoms with E-state index in [1.54, 1.807) is 48.5 Å². The van der Waals surface area contributed by atoms with Gasteiger partial charge in [0.05, 0.1) is 0 Å². The average Bonchev–Trinajstić information content (AvgIpc) is 2.80. The molecule has 3 aromatic rings. The normalized spacial score (nSPS) is 16.2. The first-order valence-electron chi connectivity index (χ1n) is 11.2. The quantitative estimate of drug-likeness (QED) is 0.349. The minimum absolute atomic E-state index is 0.146. The summed E-state index contributed by atoms with van der Waals surface area (Å²) >= 11 is 0. The molecule has 4 heteroatoms. The van der Waals surface area contributed by atoms with Crippen LogP contribution in [0, 0.1) is 29.2 Å². The van der Waals surface area contributed by atoms with Crippen LogP contribution in [0.15, 0.2) is 54.6 Å². The van der Waals surface area contributed by atoms with E-state index in [0.717, 1.165) is 31.3 Å². The lowest BCUT2D eigenvalue weighted by Crippen LogP contribution is -2.04. The first kappa shape index (κ1) is 22.3. The summed E-state index contributed by atoms with van der Waals surface area (Å²) in [5.74, 6) is -2.89. The van der Waals surface area contributed by atoms with Gasteiger partial charge < -0.3 is 0 Å². The van der Waals surface area contributed by atoms with Gasteiger partial charge in [-0.25, -0.2) is 17.6 Å². The highest BCUT2D eigenvalue weighted by Crippen LogP contribution is 2.35. The Bertz CT molecular complexity index is 1160. The van der Waals surface area contributed by atoms with Gasteiger partial charge in [0.2, 0.25) is 0 Å². The minimum atomic E-state index is -0.893. The second kappa shape index (κ2) is 9.32. The summed E-state index contributed by atoms with van der Waals surface area (Å²) in [4.78, 5) is 0. The first-order valence-corrected chi connectivity index (χ1v) is 11.2. The van der Waals surface area contributed by atoms with Gasteiger partial charge >= 0.3 is 0 Å². The van der Waals surface area contributed by atoms with Crippen LogP contribution in [0.5, 0.6) is 0 Å². The number of halogens is 4. The Morgan fingerprint density at radius 1 is 0.719 bits per heavy atom. The summed E-state index contributed by atoms with van der Waals surface area (Å²) < 4.78 is 58.7. The molecule has 0 aromatic heterocycles. The highest BCUT2D eigenvalue weighted by molar-refractivity contribution is 5.74. The van der Waals surface area contributed by atoms with Gasteiger partial charge in [-0.2, -0.15) is 0 Å². The summed E-state index contributed by atoms with van der Waals surface area (Å²) in [6, 6.07) is 12.8. The zero-order chi connectivity index (χ0) is 22.8. The molecular weight excluding hydrogens is 412 g/mol. The predicted octanol–water partition coefficient (Wildman–Crippen LogP) is 8.73. The number of benzene rings is 3. The minimum Gasteiger partial charge on any atom is -0.203 e. The third kappa shape index (κ3) is 4.23. The van der Waals surface area contributed by atoms with Crippen molar-refractivity contribution in [2.45, 2.75) is 46.0 Å². The fraction of sp³-hybridized carbons (Fsp3) is 0.286. The van der Waals surface area contributed by atoms with Gasteiger partial charge in [-0.3, -0.25) is 0 Å². The average molecular weight is 439 g/mol. The molecule has 0 bridgehead atoms. The molecule has 0 heterocycles. The highest BCUT2D eigenvalue weighted by atomic mass is 19.2. The molecule has 0 fully saturated rings. The Kier molecular flexibility index (Phi) is 6.50. The van der Waals surface area contributed by atoms with Crippen molar-refractivity contribution in [3.05, 3.63) is 89.0 Å². The molecule has 166 valence electrons. The molecule has 0 N–H and O–H groups in total. The van der Waals surface area contributed by atoms with Crippen LogP contribution in [0.1, 0.15) is 50.7 Å². The molecule has 0 spiro atoms. The predicted molar refractivity (Wildman–Crippen MR) is 122 cm³/mol. The molecule has 32 heavy (non-hydrogen) atoms. The standard InChI is InChI=1S/C28H26F4/c1-3-4-21-13-14-22(26(30)25(21)29)19-9-11-20(12-10-19)24-16-15-23(27(31)28(24)32)18-7-5-17(2)6-8-18/h7,9-17H,3-6,8H2,1-2H3. The smallest absolute Gasteiger partial charge is 0.167 e. The van der Waals surface area contributed by atoms with Crippen LogP contribution >= 0.6 is 0 Å². The zero-order valence-electron chi connectivity index (χ0n) is 18.3. The molecule has 4 rings (SSSR count). The zero-order valence-corrected chi connectivity index (χ0v) is 18.3. The van der Waals surface area contributed by atoms with E-state index >= 15 is 0 Å². The van der Waals surface area contributed by atoms with Gasteiger partial charge in [-0.1, -0.05) is 74.9 Å². The molecule has 0 aliphatic heterocycles. The van der Waals surface area contributed by atoms with Crippen LogP contribution in [0.3, 0.4) is 0 Å². The summed E-state index contributed by atoms with van der Waals surface area (Å²) in [7, 11) is 0. The van der Waals surface area contributed by atoms with Crippen molar-refractivity contribution in [2.24, 2.45) is 5.92 Å². The fourth-order valence-corrected chi connectivity index (χ4v) is 4.33. The largest absolute Gasteiger partial charge is 0.203 e. The Hall–Kier alpha value is -2.88. The highest BCUT2D eigenvalue weighted by Gasteiger charge is 2.20.